The van der Waals surface area contributed by atoms with Crippen molar-refractivity contribution in [2.75, 3.05) is 0 Å². The Morgan fingerprint density at radius 3 is 2.76 bits per heavy atom. The molecular formula is C12H15N3O2. The Morgan fingerprint density at radius 2 is 2.29 bits per heavy atom. The summed E-state index contributed by atoms with van der Waals surface area (Å²) in [6.45, 7) is 5.14. The summed E-state index contributed by atoms with van der Waals surface area (Å²) in [6, 6.07) is 3.37. The lowest BCUT2D eigenvalue weighted by Gasteiger charge is -2.20. The lowest BCUT2D eigenvalue weighted by Crippen LogP contribution is -2.45. The van der Waals surface area contributed by atoms with Gasteiger partial charge in [-0.2, -0.15) is 5.26 Å². The number of nitriles is 1. The molecule has 0 saturated carbocycles. The third-order valence-electron chi connectivity index (χ3n) is 2.65. The Bertz CT molecular complexity index is 527. The van der Waals surface area contributed by atoms with Crippen molar-refractivity contribution in [3.63, 3.8) is 0 Å². The van der Waals surface area contributed by atoms with Crippen LogP contribution in [-0.2, 0) is 0 Å². The van der Waals surface area contributed by atoms with Gasteiger partial charge in [0.2, 0.25) is 0 Å². The predicted octanol–water partition coefficient (Wildman–Crippen LogP) is 1.11. The van der Waals surface area contributed by atoms with E-state index in [0.29, 0.717) is 12.1 Å². The van der Waals surface area contributed by atoms with E-state index in [1.54, 1.807) is 20.8 Å². The highest BCUT2D eigenvalue weighted by Crippen LogP contribution is 2.07. The topological polar surface area (TPSA) is 85.8 Å². The summed E-state index contributed by atoms with van der Waals surface area (Å²) < 4.78 is 0. The number of hydrogen-bond acceptors (Lipinski definition) is 3. The summed E-state index contributed by atoms with van der Waals surface area (Å²) in [5.41, 5.74) is -0.597. The number of aryl methyl sites for hydroxylation is 1. The summed E-state index contributed by atoms with van der Waals surface area (Å²) in [5, 5.41) is 11.5. The second-order valence-electron chi connectivity index (χ2n) is 4.15. The molecule has 0 bridgehead atoms. The number of amides is 1. The minimum absolute atomic E-state index is 0.0190. The quantitative estimate of drug-likeness (QED) is 0.819. The van der Waals surface area contributed by atoms with Gasteiger partial charge in [0.1, 0.15) is 11.1 Å². The van der Waals surface area contributed by atoms with Crippen LogP contribution in [0.1, 0.15) is 36.3 Å². The number of nitrogens with one attached hydrogen (secondary N) is 2. The number of carbonyl (C=O) groups is 1. The first kappa shape index (κ1) is 13.0. The molecule has 0 aliphatic rings. The van der Waals surface area contributed by atoms with Crippen LogP contribution in [0, 0.1) is 18.3 Å². The van der Waals surface area contributed by atoms with Crippen LogP contribution < -0.4 is 10.7 Å². The van der Waals surface area contributed by atoms with Crippen molar-refractivity contribution in [2.45, 2.75) is 32.7 Å². The number of aromatic amines is 1. The largest absolute Gasteiger partial charge is 0.364 e. The Kier molecular flexibility index (Phi) is 3.69. The lowest BCUT2D eigenvalue weighted by atomic mass is 10.0. The van der Waals surface area contributed by atoms with Gasteiger partial charge in [0.25, 0.3) is 5.91 Å². The minimum Gasteiger partial charge on any atom is -0.364 e. The molecule has 1 aromatic rings. The normalized spacial score (nSPS) is 13.5. The van der Waals surface area contributed by atoms with Gasteiger partial charge < -0.3 is 10.3 Å². The molecule has 0 aliphatic heterocycles. The maximum absolute atomic E-state index is 11.8. The monoisotopic (exact) mass is 233 g/mol. The molecule has 0 radical (unpaired) electrons. The second kappa shape index (κ2) is 4.83. The van der Waals surface area contributed by atoms with Crippen molar-refractivity contribution in [3.05, 3.63) is 33.7 Å². The van der Waals surface area contributed by atoms with Crippen LogP contribution in [0.4, 0.5) is 0 Å². The molecule has 1 rings (SSSR count). The van der Waals surface area contributed by atoms with Crippen molar-refractivity contribution < 1.29 is 4.79 Å². The molecule has 1 heterocycles. The van der Waals surface area contributed by atoms with Crippen LogP contribution in [0.15, 0.2) is 17.1 Å². The van der Waals surface area contributed by atoms with Gasteiger partial charge in [-0.05, 0) is 20.3 Å². The average molecular weight is 233 g/mol. The van der Waals surface area contributed by atoms with Crippen LogP contribution in [0.2, 0.25) is 0 Å². The molecule has 1 aromatic heterocycles. The van der Waals surface area contributed by atoms with Crippen molar-refractivity contribution in [3.8, 4) is 6.07 Å². The summed E-state index contributed by atoms with van der Waals surface area (Å²) in [4.78, 5) is 26.2. The van der Waals surface area contributed by atoms with Gasteiger partial charge in [-0.15, -0.1) is 0 Å². The van der Waals surface area contributed by atoms with Gasteiger partial charge in [-0.1, -0.05) is 6.92 Å². The van der Waals surface area contributed by atoms with Crippen LogP contribution in [0.5, 0.6) is 0 Å². The smallest absolute Gasteiger partial charge is 0.257 e. The molecule has 0 aliphatic carbocycles. The SMILES string of the molecule is CCC(C)(C#N)NC(=O)c1c[nH]c(C)cc1=O. The molecule has 90 valence electrons. The molecule has 5 nitrogen and oxygen atoms in total. The van der Waals surface area contributed by atoms with Crippen molar-refractivity contribution in [1.82, 2.24) is 10.3 Å². The summed E-state index contributed by atoms with van der Waals surface area (Å²) >= 11 is 0. The standard InChI is InChI=1S/C12H15N3O2/c1-4-12(3,7-13)15-11(17)9-6-14-8(2)5-10(9)16/h5-6H,4H2,1-3H3,(H,14,16)(H,15,17). The number of carbonyl (C=O) groups excluding carboxylic acids is 1. The van der Waals surface area contributed by atoms with Gasteiger partial charge in [0.05, 0.1) is 6.07 Å². The van der Waals surface area contributed by atoms with E-state index in [1.807, 2.05) is 6.07 Å². The maximum Gasteiger partial charge on any atom is 0.257 e. The molecule has 2 N–H and O–H groups in total. The van der Waals surface area contributed by atoms with E-state index in [4.69, 9.17) is 5.26 Å². The second-order valence-corrected chi connectivity index (χ2v) is 4.15. The zero-order valence-electron chi connectivity index (χ0n) is 10.1. The van der Waals surface area contributed by atoms with Crippen LogP contribution >= 0.6 is 0 Å². The van der Waals surface area contributed by atoms with Crippen molar-refractivity contribution in [1.29, 1.82) is 5.26 Å². The van der Waals surface area contributed by atoms with Crippen molar-refractivity contribution >= 4 is 5.91 Å². The fourth-order valence-electron chi connectivity index (χ4n) is 1.26. The summed E-state index contributed by atoms with van der Waals surface area (Å²) in [6.07, 6.45) is 1.83. The molecule has 1 amide bonds. The van der Waals surface area contributed by atoms with E-state index >= 15 is 0 Å². The molecule has 0 fully saturated rings. The lowest BCUT2D eigenvalue weighted by molar-refractivity contribution is 0.0921. The molecule has 0 spiro atoms. The Hall–Kier alpha value is -2.09. The molecule has 17 heavy (non-hydrogen) atoms. The van der Waals surface area contributed by atoms with E-state index in [1.165, 1.54) is 12.3 Å². The predicted molar refractivity (Wildman–Crippen MR) is 63.6 cm³/mol. The van der Waals surface area contributed by atoms with Crippen molar-refractivity contribution in [2.24, 2.45) is 0 Å². The van der Waals surface area contributed by atoms with E-state index in [-0.39, 0.29) is 11.0 Å². The number of H-pyrrole nitrogens is 1. The number of hydrogen-bond donors (Lipinski definition) is 2. The Labute approximate surface area is 99.5 Å². The number of rotatable bonds is 3. The highest BCUT2D eigenvalue weighted by Gasteiger charge is 2.25. The fourth-order valence-corrected chi connectivity index (χ4v) is 1.26. The van der Waals surface area contributed by atoms with E-state index < -0.39 is 11.4 Å². The summed E-state index contributed by atoms with van der Waals surface area (Å²) in [7, 11) is 0. The zero-order valence-corrected chi connectivity index (χ0v) is 10.1. The Morgan fingerprint density at radius 1 is 1.65 bits per heavy atom. The van der Waals surface area contributed by atoms with Gasteiger partial charge in [-0.25, -0.2) is 0 Å². The molecule has 1 unspecified atom stereocenters. The first-order chi connectivity index (χ1) is 7.91. The fraction of sp³-hybridized carbons (Fsp3) is 0.417. The van der Waals surface area contributed by atoms with Crippen LogP contribution in [-0.4, -0.2) is 16.4 Å². The third-order valence-corrected chi connectivity index (χ3v) is 2.65. The molecule has 5 heteroatoms. The van der Waals surface area contributed by atoms with Gasteiger partial charge >= 0.3 is 0 Å². The van der Waals surface area contributed by atoms with E-state index in [9.17, 15) is 9.59 Å². The Balaban J connectivity index is 3.00. The highest BCUT2D eigenvalue weighted by molar-refractivity contribution is 5.94. The van der Waals surface area contributed by atoms with E-state index in [0.717, 1.165) is 0 Å². The molecule has 0 aromatic carbocycles. The first-order valence-corrected chi connectivity index (χ1v) is 5.35. The number of nitrogens with zero attached hydrogens (tertiary/aromatic N) is 1. The minimum atomic E-state index is -0.950. The number of aromatic nitrogens is 1. The molecule has 0 saturated heterocycles. The summed E-state index contributed by atoms with van der Waals surface area (Å²) in [5.74, 6) is -0.530. The average Bonchev–Trinajstić information content (AvgIpc) is 2.28. The molecule has 1 atom stereocenters. The van der Waals surface area contributed by atoms with Gasteiger partial charge in [0, 0.05) is 18.0 Å². The third kappa shape index (κ3) is 2.94. The number of pyridine rings is 1. The first-order valence-electron chi connectivity index (χ1n) is 5.35. The zero-order chi connectivity index (χ0) is 13.1. The van der Waals surface area contributed by atoms with Gasteiger partial charge in [0.15, 0.2) is 5.43 Å². The maximum atomic E-state index is 11.8. The van der Waals surface area contributed by atoms with Crippen LogP contribution in [0.25, 0.3) is 0 Å². The van der Waals surface area contributed by atoms with Gasteiger partial charge in [-0.3, -0.25) is 9.59 Å². The highest BCUT2D eigenvalue weighted by atomic mass is 16.2. The van der Waals surface area contributed by atoms with Crippen LogP contribution in [0.3, 0.4) is 0 Å². The van der Waals surface area contributed by atoms with E-state index in [2.05, 4.69) is 10.3 Å². The molecular weight excluding hydrogens is 218 g/mol.